The van der Waals surface area contributed by atoms with Crippen molar-refractivity contribution in [3.05, 3.63) is 69.2 Å². The summed E-state index contributed by atoms with van der Waals surface area (Å²) in [6.45, 7) is 6.67. The van der Waals surface area contributed by atoms with Gasteiger partial charge >= 0.3 is 0 Å². The molecule has 0 aliphatic carbocycles. The first kappa shape index (κ1) is 16.5. The van der Waals surface area contributed by atoms with Crippen LogP contribution < -0.4 is 5.32 Å². The number of nitrogens with one attached hydrogen (secondary N) is 1. The summed E-state index contributed by atoms with van der Waals surface area (Å²) in [4.78, 5) is 0. The van der Waals surface area contributed by atoms with E-state index in [0.29, 0.717) is 12.0 Å². The van der Waals surface area contributed by atoms with Crippen molar-refractivity contribution in [3.8, 4) is 0 Å². The summed E-state index contributed by atoms with van der Waals surface area (Å²) in [6.07, 6.45) is 0. The Kier molecular flexibility index (Phi) is 5.86. The molecule has 0 aliphatic rings. The van der Waals surface area contributed by atoms with E-state index >= 15 is 0 Å². The van der Waals surface area contributed by atoms with Crippen LogP contribution in [0, 0.1) is 5.92 Å². The molecule has 0 fully saturated rings. The SMILES string of the molecule is CC(NC(c1ccc(Cl)cc1)C(C)C)c1cccc(Br)c1. The summed E-state index contributed by atoms with van der Waals surface area (Å²) >= 11 is 9.53. The molecule has 0 amide bonds. The smallest absolute Gasteiger partial charge is 0.0406 e. The fraction of sp³-hybridized carbons (Fsp3) is 0.333. The standard InChI is InChI=1S/C18H21BrClN/c1-12(2)18(14-7-9-17(20)10-8-14)21-13(3)15-5-4-6-16(19)11-15/h4-13,18,21H,1-3H3. The Morgan fingerprint density at radius 1 is 0.952 bits per heavy atom. The molecule has 0 saturated carbocycles. The second kappa shape index (κ2) is 7.44. The third kappa shape index (κ3) is 4.57. The minimum absolute atomic E-state index is 0.283. The van der Waals surface area contributed by atoms with Crippen molar-refractivity contribution in [2.75, 3.05) is 0 Å². The Hall–Kier alpha value is -0.830. The maximum Gasteiger partial charge on any atom is 0.0406 e. The van der Waals surface area contributed by atoms with Crippen molar-refractivity contribution in [3.63, 3.8) is 0 Å². The normalized spacial score (nSPS) is 14.2. The maximum atomic E-state index is 5.99. The molecule has 0 saturated heterocycles. The van der Waals surface area contributed by atoms with Crippen molar-refractivity contribution < 1.29 is 0 Å². The van der Waals surface area contributed by atoms with E-state index in [1.165, 1.54) is 11.1 Å². The molecular formula is C18H21BrClN. The number of benzene rings is 2. The number of hydrogen-bond acceptors (Lipinski definition) is 1. The van der Waals surface area contributed by atoms with Gasteiger partial charge in [-0.1, -0.05) is 65.6 Å². The van der Waals surface area contributed by atoms with Crippen LogP contribution in [0.15, 0.2) is 53.0 Å². The van der Waals surface area contributed by atoms with E-state index in [0.717, 1.165) is 9.50 Å². The van der Waals surface area contributed by atoms with Crippen LogP contribution in [0.1, 0.15) is 44.0 Å². The molecule has 0 aliphatic heterocycles. The van der Waals surface area contributed by atoms with Gasteiger partial charge in [0.05, 0.1) is 0 Å². The second-order valence-electron chi connectivity index (χ2n) is 5.72. The molecule has 3 heteroatoms. The van der Waals surface area contributed by atoms with Crippen LogP contribution in [0.3, 0.4) is 0 Å². The summed E-state index contributed by atoms with van der Waals surface area (Å²) in [5.41, 5.74) is 2.56. The lowest BCUT2D eigenvalue weighted by atomic mass is 9.94. The maximum absolute atomic E-state index is 5.99. The zero-order chi connectivity index (χ0) is 15.4. The molecule has 0 radical (unpaired) electrons. The summed E-state index contributed by atoms with van der Waals surface area (Å²) in [5.74, 6) is 0.501. The summed E-state index contributed by atoms with van der Waals surface area (Å²) < 4.78 is 1.11. The zero-order valence-corrected chi connectivity index (χ0v) is 14.9. The number of rotatable bonds is 5. The van der Waals surface area contributed by atoms with Gasteiger partial charge in [0.1, 0.15) is 0 Å². The van der Waals surface area contributed by atoms with Gasteiger partial charge in [0.25, 0.3) is 0 Å². The van der Waals surface area contributed by atoms with E-state index in [1.807, 2.05) is 12.1 Å². The Bertz CT molecular complexity index is 580. The number of halogens is 2. The lowest BCUT2D eigenvalue weighted by Crippen LogP contribution is -2.28. The van der Waals surface area contributed by atoms with Crippen LogP contribution in [0.4, 0.5) is 0 Å². The fourth-order valence-corrected chi connectivity index (χ4v) is 3.03. The molecule has 0 bridgehead atoms. The first-order chi connectivity index (χ1) is 9.97. The van der Waals surface area contributed by atoms with Crippen LogP contribution in [-0.2, 0) is 0 Å². The fourth-order valence-electron chi connectivity index (χ4n) is 2.49. The molecule has 0 heterocycles. The molecule has 0 spiro atoms. The summed E-state index contributed by atoms with van der Waals surface area (Å²) in [5, 5.41) is 4.51. The number of hydrogen-bond donors (Lipinski definition) is 1. The second-order valence-corrected chi connectivity index (χ2v) is 7.07. The topological polar surface area (TPSA) is 12.0 Å². The molecule has 21 heavy (non-hydrogen) atoms. The monoisotopic (exact) mass is 365 g/mol. The van der Waals surface area contributed by atoms with Gasteiger partial charge in [0, 0.05) is 21.6 Å². The summed E-state index contributed by atoms with van der Waals surface area (Å²) in [7, 11) is 0. The van der Waals surface area contributed by atoms with Gasteiger partial charge in [-0.2, -0.15) is 0 Å². The molecule has 2 aromatic rings. The van der Waals surface area contributed by atoms with E-state index in [-0.39, 0.29) is 6.04 Å². The van der Waals surface area contributed by atoms with E-state index in [2.05, 4.69) is 78.4 Å². The van der Waals surface area contributed by atoms with Crippen molar-refractivity contribution in [2.24, 2.45) is 5.92 Å². The van der Waals surface area contributed by atoms with Crippen LogP contribution in [-0.4, -0.2) is 0 Å². The molecule has 2 aromatic carbocycles. The lowest BCUT2D eigenvalue weighted by molar-refractivity contribution is 0.374. The van der Waals surface area contributed by atoms with Gasteiger partial charge in [-0.25, -0.2) is 0 Å². The first-order valence-electron chi connectivity index (χ1n) is 7.24. The van der Waals surface area contributed by atoms with Crippen molar-refractivity contribution in [1.29, 1.82) is 0 Å². The van der Waals surface area contributed by atoms with Gasteiger partial charge in [-0.3, -0.25) is 0 Å². The van der Waals surface area contributed by atoms with Crippen LogP contribution >= 0.6 is 27.5 Å². The molecule has 112 valence electrons. The van der Waals surface area contributed by atoms with E-state index in [4.69, 9.17) is 11.6 Å². The Labute approximate surface area is 140 Å². The van der Waals surface area contributed by atoms with Gasteiger partial charge in [0.2, 0.25) is 0 Å². The van der Waals surface area contributed by atoms with Crippen LogP contribution in [0.2, 0.25) is 5.02 Å². The largest absolute Gasteiger partial charge is 0.303 e. The third-order valence-electron chi connectivity index (χ3n) is 3.67. The predicted molar refractivity (Wildman–Crippen MR) is 94.7 cm³/mol. The molecule has 2 unspecified atom stereocenters. The molecule has 0 aromatic heterocycles. The highest BCUT2D eigenvalue weighted by Gasteiger charge is 2.18. The molecule has 2 atom stereocenters. The molecule has 1 nitrogen and oxygen atoms in total. The minimum atomic E-state index is 0.283. The van der Waals surface area contributed by atoms with Crippen LogP contribution in [0.25, 0.3) is 0 Å². The average molecular weight is 367 g/mol. The highest BCUT2D eigenvalue weighted by atomic mass is 79.9. The Morgan fingerprint density at radius 3 is 2.19 bits per heavy atom. The van der Waals surface area contributed by atoms with Crippen molar-refractivity contribution in [1.82, 2.24) is 5.32 Å². The van der Waals surface area contributed by atoms with Crippen molar-refractivity contribution in [2.45, 2.75) is 32.9 Å². The van der Waals surface area contributed by atoms with Gasteiger partial charge in [0.15, 0.2) is 0 Å². The van der Waals surface area contributed by atoms with Gasteiger partial charge in [-0.05, 0) is 48.2 Å². The first-order valence-corrected chi connectivity index (χ1v) is 8.41. The highest BCUT2D eigenvalue weighted by Crippen LogP contribution is 2.27. The molecule has 1 N–H and O–H groups in total. The predicted octanol–water partition coefficient (Wildman–Crippen LogP) is 6.15. The molecule has 2 rings (SSSR count). The minimum Gasteiger partial charge on any atom is -0.303 e. The zero-order valence-electron chi connectivity index (χ0n) is 12.6. The van der Waals surface area contributed by atoms with Gasteiger partial charge in [-0.15, -0.1) is 0 Å². The quantitative estimate of drug-likeness (QED) is 0.669. The van der Waals surface area contributed by atoms with E-state index < -0.39 is 0 Å². The lowest BCUT2D eigenvalue weighted by Gasteiger charge is -2.27. The third-order valence-corrected chi connectivity index (χ3v) is 4.42. The van der Waals surface area contributed by atoms with E-state index in [9.17, 15) is 0 Å². The van der Waals surface area contributed by atoms with E-state index in [1.54, 1.807) is 0 Å². The average Bonchev–Trinajstić information content (AvgIpc) is 2.45. The summed E-state index contributed by atoms with van der Waals surface area (Å²) in [6, 6.07) is 17.1. The van der Waals surface area contributed by atoms with Crippen molar-refractivity contribution >= 4 is 27.5 Å². The molecular weight excluding hydrogens is 346 g/mol. The Balaban J connectivity index is 2.18. The Morgan fingerprint density at radius 2 is 1.62 bits per heavy atom. The van der Waals surface area contributed by atoms with Crippen LogP contribution in [0.5, 0.6) is 0 Å². The van der Waals surface area contributed by atoms with Gasteiger partial charge < -0.3 is 5.32 Å². The highest BCUT2D eigenvalue weighted by molar-refractivity contribution is 9.10.